The molecule has 0 saturated carbocycles. The van der Waals surface area contributed by atoms with E-state index in [0.717, 1.165) is 5.56 Å². The van der Waals surface area contributed by atoms with Crippen molar-refractivity contribution < 1.29 is 14.6 Å². The molecule has 2 aromatic rings. The Morgan fingerprint density at radius 2 is 1.95 bits per heavy atom. The van der Waals surface area contributed by atoms with Crippen molar-refractivity contribution in [2.75, 3.05) is 6.61 Å². The number of benzene rings is 1. The summed E-state index contributed by atoms with van der Waals surface area (Å²) in [6, 6.07) is 10.7. The van der Waals surface area contributed by atoms with Gasteiger partial charge >= 0.3 is 5.97 Å². The van der Waals surface area contributed by atoms with Crippen LogP contribution in [0.15, 0.2) is 41.2 Å². The summed E-state index contributed by atoms with van der Waals surface area (Å²) in [7, 11) is 0. The van der Waals surface area contributed by atoms with Gasteiger partial charge in [-0.15, -0.1) is 0 Å². The maximum atomic E-state index is 12.0. The molecule has 0 aliphatic carbocycles. The predicted octanol–water partition coefficient (Wildman–Crippen LogP) is 2.70. The first-order valence-corrected chi connectivity index (χ1v) is 7.13. The van der Waals surface area contributed by atoms with Crippen LogP contribution in [-0.2, 0) is 11.2 Å². The third kappa shape index (κ3) is 3.97. The molecule has 0 unspecified atom stereocenters. The van der Waals surface area contributed by atoms with Crippen LogP contribution in [0.4, 0.5) is 0 Å². The Bertz CT molecular complexity index is 719. The van der Waals surface area contributed by atoms with E-state index in [0.29, 0.717) is 24.0 Å². The van der Waals surface area contributed by atoms with Crippen LogP contribution in [0.2, 0.25) is 0 Å². The second-order valence-electron chi connectivity index (χ2n) is 5.50. The number of rotatable bonds is 6. The maximum Gasteiger partial charge on any atom is 0.308 e. The Balaban J connectivity index is 2.34. The lowest BCUT2D eigenvalue weighted by molar-refractivity contribution is -0.136. The van der Waals surface area contributed by atoms with Crippen molar-refractivity contribution in [3.05, 3.63) is 52.3 Å². The van der Waals surface area contributed by atoms with Gasteiger partial charge in [-0.2, -0.15) is 0 Å². The molecule has 0 aliphatic heterocycles. The molecule has 22 heavy (non-hydrogen) atoms. The van der Waals surface area contributed by atoms with Gasteiger partial charge in [0.2, 0.25) is 0 Å². The zero-order chi connectivity index (χ0) is 16.1. The van der Waals surface area contributed by atoms with Crippen LogP contribution in [-0.4, -0.2) is 22.7 Å². The number of carbonyl (C=O) groups is 1. The van der Waals surface area contributed by atoms with E-state index in [-0.39, 0.29) is 12.0 Å². The fourth-order valence-corrected chi connectivity index (χ4v) is 2.03. The Labute approximate surface area is 128 Å². The van der Waals surface area contributed by atoms with E-state index in [2.05, 4.69) is 18.8 Å². The van der Waals surface area contributed by atoms with Crippen LogP contribution in [0.25, 0.3) is 11.3 Å². The number of carboxylic acids is 1. The van der Waals surface area contributed by atoms with Gasteiger partial charge < -0.3 is 14.8 Å². The van der Waals surface area contributed by atoms with E-state index in [1.54, 1.807) is 12.1 Å². The first-order chi connectivity index (χ1) is 10.5. The molecule has 0 bridgehead atoms. The minimum atomic E-state index is -1.03. The van der Waals surface area contributed by atoms with Crippen LogP contribution < -0.4 is 10.3 Å². The number of pyridine rings is 1. The minimum Gasteiger partial charge on any atom is -0.493 e. The van der Waals surface area contributed by atoms with E-state index < -0.39 is 11.5 Å². The number of carboxylic acid groups (broad SMARTS) is 1. The van der Waals surface area contributed by atoms with Gasteiger partial charge in [-0.05, 0) is 24.1 Å². The van der Waals surface area contributed by atoms with Crippen molar-refractivity contribution in [2.45, 2.75) is 20.3 Å². The lowest BCUT2D eigenvalue weighted by atomic mass is 10.1. The summed E-state index contributed by atoms with van der Waals surface area (Å²) in [6.07, 6.45) is -0.291. The number of para-hydroxylation sites is 1. The summed E-state index contributed by atoms with van der Waals surface area (Å²) in [5.74, 6) is 0.0572. The molecule has 0 amide bonds. The molecule has 1 aromatic carbocycles. The quantitative estimate of drug-likeness (QED) is 0.859. The Kier molecular flexibility index (Phi) is 4.99. The lowest BCUT2D eigenvalue weighted by Gasteiger charge is -2.13. The highest BCUT2D eigenvalue weighted by molar-refractivity contribution is 5.71. The topological polar surface area (TPSA) is 79.4 Å². The third-order valence-corrected chi connectivity index (χ3v) is 3.08. The summed E-state index contributed by atoms with van der Waals surface area (Å²) in [5, 5.41) is 8.77. The molecule has 5 nitrogen and oxygen atoms in total. The van der Waals surface area contributed by atoms with Crippen LogP contribution in [0.1, 0.15) is 19.4 Å². The number of aromatic amines is 1. The van der Waals surface area contributed by atoms with Crippen LogP contribution in [0.3, 0.4) is 0 Å². The smallest absolute Gasteiger partial charge is 0.308 e. The summed E-state index contributed by atoms with van der Waals surface area (Å²) < 4.78 is 5.77. The summed E-state index contributed by atoms with van der Waals surface area (Å²) in [5.41, 5.74) is 1.23. The Morgan fingerprint density at radius 1 is 1.23 bits per heavy atom. The summed E-state index contributed by atoms with van der Waals surface area (Å²) in [6.45, 7) is 4.70. The number of nitrogens with one attached hydrogen (secondary N) is 1. The fourth-order valence-electron chi connectivity index (χ4n) is 2.03. The molecule has 1 heterocycles. The zero-order valence-corrected chi connectivity index (χ0v) is 12.6. The van der Waals surface area contributed by atoms with Crippen molar-refractivity contribution in [3.63, 3.8) is 0 Å². The second-order valence-corrected chi connectivity index (χ2v) is 5.50. The highest BCUT2D eigenvalue weighted by atomic mass is 16.5. The fraction of sp³-hybridized carbons (Fsp3) is 0.294. The van der Waals surface area contributed by atoms with E-state index in [4.69, 9.17) is 9.84 Å². The van der Waals surface area contributed by atoms with Crippen molar-refractivity contribution in [1.29, 1.82) is 0 Å². The number of ether oxygens (including phenoxy) is 1. The molecule has 2 N–H and O–H groups in total. The molecular weight excluding hydrogens is 282 g/mol. The average Bonchev–Trinajstić information content (AvgIpc) is 2.47. The van der Waals surface area contributed by atoms with Crippen LogP contribution in [0.5, 0.6) is 5.75 Å². The van der Waals surface area contributed by atoms with Crippen molar-refractivity contribution >= 4 is 5.97 Å². The standard InChI is InChI=1S/C17H19NO4/c1-11(2)10-22-15-6-4-3-5-13(15)14-8-7-12(9-16(19)20)17(21)18-14/h3-8,11H,9-10H2,1-2H3,(H,18,21)(H,19,20). The van der Waals surface area contributed by atoms with Crippen LogP contribution in [0, 0.1) is 5.92 Å². The minimum absolute atomic E-state index is 0.233. The van der Waals surface area contributed by atoms with Gasteiger partial charge in [-0.25, -0.2) is 0 Å². The van der Waals surface area contributed by atoms with E-state index in [1.165, 1.54) is 0 Å². The first kappa shape index (κ1) is 15.8. The highest BCUT2D eigenvalue weighted by Crippen LogP contribution is 2.28. The van der Waals surface area contributed by atoms with Gasteiger partial charge in [-0.3, -0.25) is 9.59 Å². The molecule has 0 aliphatic rings. The van der Waals surface area contributed by atoms with Crippen molar-refractivity contribution in [1.82, 2.24) is 4.98 Å². The second kappa shape index (κ2) is 6.93. The number of hydrogen-bond acceptors (Lipinski definition) is 3. The zero-order valence-electron chi connectivity index (χ0n) is 12.6. The molecule has 0 atom stereocenters. The van der Waals surface area contributed by atoms with E-state index in [9.17, 15) is 9.59 Å². The van der Waals surface area contributed by atoms with Gasteiger partial charge in [0.25, 0.3) is 5.56 Å². The number of H-pyrrole nitrogens is 1. The van der Waals surface area contributed by atoms with Gasteiger partial charge in [0.1, 0.15) is 5.75 Å². The normalized spacial score (nSPS) is 10.7. The van der Waals surface area contributed by atoms with Gasteiger partial charge in [0, 0.05) is 11.1 Å². The molecule has 116 valence electrons. The highest BCUT2D eigenvalue weighted by Gasteiger charge is 2.10. The van der Waals surface area contributed by atoms with Gasteiger partial charge in [-0.1, -0.05) is 32.0 Å². The average molecular weight is 301 g/mol. The molecule has 0 fully saturated rings. The van der Waals surface area contributed by atoms with E-state index >= 15 is 0 Å². The van der Waals surface area contributed by atoms with Crippen molar-refractivity contribution in [2.24, 2.45) is 5.92 Å². The predicted molar refractivity (Wildman–Crippen MR) is 84.2 cm³/mol. The SMILES string of the molecule is CC(C)COc1ccccc1-c1ccc(CC(=O)O)c(=O)[nH]1. The Morgan fingerprint density at radius 3 is 2.59 bits per heavy atom. The molecule has 0 radical (unpaired) electrons. The van der Waals surface area contributed by atoms with Crippen LogP contribution >= 0.6 is 0 Å². The summed E-state index contributed by atoms with van der Waals surface area (Å²) in [4.78, 5) is 25.4. The Hall–Kier alpha value is -2.56. The molecule has 0 saturated heterocycles. The largest absolute Gasteiger partial charge is 0.493 e. The summed E-state index contributed by atoms with van der Waals surface area (Å²) >= 11 is 0. The molecule has 0 spiro atoms. The lowest BCUT2D eigenvalue weighted by Crippen LogP contribution is -2.16. The monoisotopic (exact) mass is 301 g/mol. The van der Waals surface area contributed by atoms with Gasteiger partial charge in [0.05, 0.1) is 18.7 Å². The van der Waals surface area contributed by atoms with E-state index in [1.807, 2.05) is 24.3 Å². The number of aromatic nitrogens is 1. The molecular formula is C17H19NO4. The number of aliphatic carboxylic acids is 1. The third-order valence-electron chi connectivity index (χ3n) is 3.08. The molecule has 5 heteroatoms. The van der Waals surface area contributed by atoms with Gasteiger partial charge in [0.15, 0.2) is 0 Å². The molecule has 1 aromatic heterocycles. The van der Waals surface area contributed by atoms with Crippen molar-refractivity contribution in [3.8, 4) is 17.0 Å². The number of hydrogen-bond donors (Lipinski definition) is 2. The first-order valence-electron chi connectivity index (χ1n) is 7.13. The maximum absolute atomic E-state index is 12.0. The molecule has 2 rings (SSSR count).